The van der Waals surface area contributed by atoms with E-state index in [4.69, 9.17) is 17.3 Å². The molecule has 0 radical (unpaired) electrons. The van der Waals surface area contributed by atoms with E-state index in [-0.39, 0.29) is 11.8 Å². The summed E-state index contributed by atoms with van der Waals surface area (Å²) in [6, 6.07) is 8.64. The van der Waals surface area contributed by atoms with E-state index in [1.807, 2.05) is 25.1 Å². The molecule has 3 aromatic rings. The topological polar surface area (TPSA) is 43.8 Å². The maximum absolute atomic E-state index is 13.6. The number of anilines is 1. The van der Waals surface area contributed by atoms with E-state index >= 15 is 0 Å². The Kier molecular flexibility index (Phi) is 3.18. The molecular weight excluding hydrogens is 345 g/mol. The summed E-state index contributed by atoms with van der Waals surface area (Å²) in [5.41, 5.74) is 8.90. The zero-order valence-electron chi connectivity index (χ0n) is 10.5. The molecule has 0 spiro atoms. The quantitative estimate of drug-likeness (QED) is 0.700. The molecule has 102 valence electrons. The van der Waals surface area contributed by atoms with Gasteiger partial charge in [0.1, 0.15) is 5.82 Å². The van der Waals surface area contributed by atoms with Gasteiger partial charge in [-0.1, -0.05) is 17.7 Å². The van der Waals surface area contributed by atoms with Crippen LogP contribution >= 0.6 is 27.5 Å². The van der Waals surface area contributed by atoms with E-state index in [0.717, 1.165) is 11.3 Å². The smallest absolute Gasteiger partial charge is 0.205 e. The number of hydrogen-bond donors (Lipinski definition) is 1. The molecule has 0 unspecified atom stereocenters. The Morgan fingerprint density at radius 3 is 2.75 bits per heavy atom. The first-order valence-electron chi connectivity index (χ1n) is 5.87. The number of imidazole rings is 1. The Hall–Kier alpha value is -1.59. The number of rotatable bonds is 1. The lowest BCUT2D eigenvalue weighted by atomic mass is 10.2. The van der Waals surface area contributed by atoms with E-state index in [1.54, 1.807) is 10.6 Å². The molecule has 2 aromatic carbocycles. The Morgan fingerprint density at radius 2 is 2.05 bits per heavy atom. The molecule has 0 aliphatic rings. The molecule has 3 nitrogen and oxygen atoms in total. The van der Waals surface area contributed by atoms with Crippen LogP contribution in [0.4, 0.5) is 10.3 Å². The largest absolute Gasteiger partial charge is 0.369 e. The second kappa shape index (κ2) is 4.75. The number of halogens is 3. The predicted octanol–water partition coefficient (Wildman–Crippen LogP) is 4.47. The van der Waals surface area contributed by atoms with E-state index in [1.165, 1.54) is 6.07 Å². The number of nitrogens with two attached hydrogens (primary N) is 1. The first kappa shape index (κ1) is 13.4. The van der Waals surface area contributed by atoms with Gasteiger partial charge in [-0.25, -0.2) is 9.37 Å². The first-order chi connectivity index (χ1) is 9.47. The van der Waals surface area contributed by atoms with Crippen LogP contribution in [-0.2, 0) is 0 Å². The van der Waals surface area contributed by atoms with E-state index in [0.29, 0.717) is 20.5 Å². The predicted molar refractivity (Wildman–Crippen MR) is 82.9 cm³/mol. The molecule has 0 bridgehead atoms. The molecule has 0 atom stereocenters. The van der Waals surface area contributed by atoms with Gasteiger partial charge in [0, 0.05) is 6.07 Å². The molecule has 1 aromatic heterocycles. The van der Waals surface area contributed by atoms with Crippen LogP contribution in [-0.4, -0.2) is 9.55 Å². The van der Waals surface area contributed by atoms with Gasteiger partial charge in [0.15, 0.2) is 0 Å². The average molecular weight is 355 g/mol. The minimum absolute atomic E-state index is 0.267. The number of nitrogens with zero attached hydrogens (tertiary/aromatic N) is 2. The van der Waals surface area contributed by atoms with Gasteiger partial charge in [-0.3, -0.25) is 4.57 Å². The lowest BCUT2D eigenvalue weighted by Gasteiger charge is -2.09. The number of fused-ring (bicyclic) bond motifs is 1. The Labute approximate surface area is 128 Å². The standard InChI is InChI=1S/C14H10BrClFN3/c1-7-2-3-12(9(16)4-7)20-13-5-8(15)10(17)6-11(13)19-14(20)18/h2-6H,1H3,(H2,18,19). The third-order valence-corrected chi connectivity index (χ3v) is 3.98. The van der Waals surface area contributed by atoms with Gasteiger partial charge in [0.2, 0.25) is 5.95 Å². The Bertz CT molecular complexity index is 829. The molecule has 20 heavy (non-hydrogen) atoms. The lowest BCUT2D eigenvalue weighted by molar-refractivity contribution is 0.623. The fraction of sp³-hybridized carbons (Fsp3) is 0.0714. The van der Waals surface area contributed by atoms with Crippen LogP contribution in [0.5, 0.6) is 0 Å². The summed E-state index contributed by atoms with van der Waals surface area (Å²) in [5, 5.41) is 0.566. The van der Waals surface area contributed by atoms with E-state index in [2.05, 4.69) is 20.9 Å². The van der Waals surface area contributed by atoms with Crippen molar-refractivity contribution in [1.82, 2.24) is 9.55 Å². The second-order valence-corrected chi connectivity index (χ2v) is 5.78. The van der Waals surface area contributed by atoms with Crippen LogP contribution < -0.4 is 5.73 Å². The van der Waals surface area contributed by atoms with E-state index < -0.39 is 0 Å². The van der Waals surface area contributed by atoms with Crippen molar-refractivity contribution in [3.05, 3.63) is 51.2 Å². The van der Waals surface area contributed by atoms with Crippen molar-refractivity contribution in [3.63, 3.8) is 0 Å². The summed E-state index contributed by atoms with van der Waals surface area (Å²) in [7, 11) is 0. The van der Waals surface area contributed by atoms with Crippen LogP contribution in [0, 0.1) is 12.7 Å². The average Bonchev–Trinajstić information content (AvgIpc) is 2.66. The van der Waals surface area contributed by atoms with Crippen LogP contribution in [0.3, 0.4) is 0 Å². The minimum atomic E-state index is -0.378. The maximum Gasteiger partial charge on any atom is 0.205 e. The third-order valence-electron chi connectivity index (χ3n) is 3.07. The van der Waals surface area contributed by atoms with Crippen molar-refractivity contribution in [2.45, 2.75) is 6.92 Å². The highest BCUT2D eigenvalue weighted by atomic mass is 79.9. The zero-order chi connectivity index (χ0) is 14.4. The molecule has 0 saturated heterocycles. The normalized spacial score (nSPS) is 11.2. The van der Waals surface area contributed by atoms with Gasteiger partial charge in [-0.05, 0) is 46.6 Å². The molecule has 0 aliphatic heterocycles. The van der Waals surface area contributed by atoms with Crippen LogP contribution in [0.2, 0.25) is 5.02 Å². The Morgan fingerprint density at radius 1 is 1.30 bits per heavy atom. The monoisotopic (exact) mass is 353 g/mol. The molecule has 0 amide bonds. The number of aryl methyl sites for hydroxylation is 1. The van der Waals surface area contributed by atoms with Crippen LogP contribution in [0.1, 0.15) is 5.56 Å². The van der Waals surface area contributed by atoms with Crippen LogP contribution in [0.15, 0.2) is 34.8 Å². The van der Waals surface area contributed by atoms with Crippen molar-refractivity contribution < 1.29 is 4.39 Å². The highest BCUT2D eigenvalue weighted by molar-refractivity contribution is 9.10. The summed E-state index contributed by atoms with van der Waals surface area (Å²) in [5.74, 6) is -0.111. The fourth-order valence-electron chi connectivity index (χ4n) is 2.14. The number of nitrogen functional groups attached to an aromatic ring is 1. The number of hydrogen-bond acceptors (Lipinski definition) is 2. The van der Waals surface area contributed by atoms with Gasteiger partial charge >= 0.3 is 0 Å². The van der Waals surface area contributed by atoms with Gasteiger partial charge in [-0.2, -0.15) is 0 Å². The maximum atomic E-state index is 13.6. The van der Waals surface area contributed by atoms with Gasteiger partial charge in [-0.15, -0.1) is 0 Å². The van der Waals surface area contributed by atoms with E-state index in [9.17, 15) is 4.39 Å². The fourth-order valence-corrected chi connectivity index (χ4v) is 2.79. The SMILES string of the molecule is Cc1ccc(-n2c(N)nc3cc(F)c(Br)cc32)c(Cl)c1. The van der Waals surface area contributed by atoms with Gasteiger partial charge < -0.3 is 5.73 Å². The molecule has 0 aliphatic carbocycles. The molecule has 3 rings (SSSR count). The zero-order valence-corrected chi connectivity index (χ0v) is 12.8. The van der Waals surface area contributed by atoms with Crippen molar-refractivity contribution in [3.8, 4) is 5.69 Å². The molecule has 1 heterocycles. The highest BCUT2D eigenvalue weighted by Gasteiger charge is 2.15. The lowest BCUT2D eigenvalue weighted by Crippen LogP contribution is -2.01. The van der Waals surface area contributed by atoms with Crippen molar-refractivity contribution in [2.24, 2.45) is 0 Å². The second-order valence-electron chi connectivity index (χ2n) is 4.52. The number of aromatic nitrogens is 2. The Balaban J connectivity index is 2.35. The van der Waals surface area contributed by atoms with Gasteiger partial charge in [0.05, 0.1) is 26.2 Å². The summed E-state index contributed by atoms with van der Waals surface area (Å²) in [6.45, 7) is 1.96. The molecule has 0 fully saturated rings. The summed E-state index contributed by atoms with van der Waals surface area (Å²) in [6.07, 6.45) is 0. The summed E-state index contributed by atoms with van der Waals surface area (Å²) < 4.78 is 15.6. The van der Waals surface area contributed by atoms with Gasteiger partial charge in [0.25, 0.3) is 0 Å². The van der Waals surface area contributed by atoms with Crippen molar-refractivity contribution in [2.75, 3.05) is 5.73 Å². The number of benzene rings is 2. The summed E-state index contributed by atoms with van der Waals surface area (Å²) in [4.78, 5) is 4.18. The van der Waals surface area contributed by atoms with Crippen molar-refractivity contribution >= 4 is 44.5 Å². The third kappa shape index (κ3) is 2.07. The minimum Gasteiger partial charge on any atom is -0.369 e. The molecule has 2 N–H and O–H groups in total. The molecular formula is C14H10BrClFN3. The molecule has 6 heteroatoms. The summed E-state index contributed by atoms with van der Waals surface area (Å²) >= 11 is 9.45. The molecule has 0 saturated carbocycles. The first-order valence-corrected chi connectivity index (χ1v) is 7.04. The highest BCUT2D eigenvalue weighted by Crippen LogP contribution is 2.31. The van der Waals surface area contributed by atoms with Crippen molar-refractivity contribution in [1.29, 1.82) is 0 Å². The van der Waals surface area contributed by atoms with Crippen LogP contribution in [0.25, 0.3) is 16.7 Å².